The highest BCUT2D eigenvalue weighted by atomic mass is 32.2. The van der Waals surface area contributed by atoms with Crippen LogP contribution in [0.3, 0.4) is 0 Å². The highest BCUT2D eigenvalue weighted by Crippen LogP contribution is 2.39. The van der Waals surface area contributed by atoms with E-state index in [0.29, 0.717) is 0 Å². The van der Waals surface area contributed by atoms with Crippen molar-refractivity contribution < 1.29 is 0 Å². The zero-order valence-corrected chi connectivity index (χ0v) is 13.0. The van der Waals surface area contributed by atoms with Crippen LogP contribution in [0.1, 0.15) is 25.0 Å². The van der Waals surface area contributed by atoms with Crippen molar-refractivity contribution in [3.8, 4) is 11.1 Å². The maximum absolute atomic E-state index is 2.37. The first-order valence-corrected chi connectivity index (χ1v) is 8.80. The predicted octanol–water partition coefficient (Wildman–Crippen LogP) is 5.48. The Morgan fingerprint density at radius 3 is 1.68 bits per heavy atom. The van der Waals surface area contributed by atoms with E-state index in [9.17, 15) is 0 Å². The van der Waals surface area contributed by atoms with E-state index in [4.69, 9.17) is 0 Å². The molecule has 0 atom stereocenters. The van der Waals surface area contributed by atoms with Gasteiger partial charge < -0.3 is 0 Å². The van der Waals surface area contributed by atoms with Crippen LogP contribution in [0, 0.1) is 0 Å². The quantitative estimate of drug-likeness (QED) is 0.582. The molecule has 1 aliphatic carbocycles. The average molecular weight is 286 g/mol. The van der Waals surface area contributed by atoms with Crippen LogP contribution in [0.2, 0.25) is 0 Å². The molecule has 2 aromatic carbocycles. The minimum absolute atomic E-state index is 1.10. The number of benzene rings is 2. The molecule has 98 valence electrons. The Labute approximate surface area is 124 Å². The Morgan fingerprint density at radius 1 is 0.789 bits per heavy atom. The van der Waals surface area contributed by atoms with E-state index in [2.05, 4.69) is 50.2 Å². The second kappa shape index (κ2) is 5.64. The topological polar surface area (TPSA) is 0 Å². The molecule has 0 nitrogen and oxygen atoms in total. The highest BCUT2D eigenvalue weighted by Gasteiger charge is 2.18. The van der Waals surface area contributed by atoms with Crippen LogP contribution < -0.4 is 0 Å². The fourth-order valence-electron chi connectivity index (χ4n) is 2.68. The third kappa shape index (κ3) is 2.56. The van der Waals surface area contributed by atoms with Crippen molar-refractivity contribution in [2.75, 3.05) is 11.5 Å². The van der Waals surface area contributed by atoms with E-state index in [1.165, 1.54) is 32.0 Å². The van der Waals surface area contributed by atoms with Gasteiger partial charge in [-0.05, 0) is 64.4 Å². The molecule has 0 saturated carbocycles. The van der Waals surface area contributed by atoms with Gasteiger partial charge in [0.1, 0.15) is 0 Å². The second-order valence-electron chi connectivity index (χ2n) is 4.68. The fourth-order valence-corrected chi connectivity index (χ4v) is 4.12. The van der Waals surface area contributed by atoms with E-state index in [1.807, 2.05) is 23.5 Å². The first-order chi connectivity index (χ1) is 9.31. The van der Waals surface area contributed by atoms with Gasteiger partial charge in [-0.15, -0.1) is 23.5 Å². The van der Waals surface area contributed by atoms with Gasteiger partial charge in [0.15, 0.2) is 0 Å². The van der Waals surface area contributed by atoms with Crippen LogP contribution in [-0.2, 0) is 6.42 Å². The number of fused-ring (bicyclic) bond motifs is 3. The van der Waals surface area contributed by atoms with Gasteiger partial charge in [0, 0.05) is 9.79 Å². The average Bonchev–Trinajstić information content (AvgIpc) is 2.76. The summed E-state index contributed by atoms with van der Waals surface area (Å²) in [5, 5.41) is 0. The van der Waals surface area contributed by atoms with Gasteiger partial charge in [-0.25, -0.2) is 0 Å². The van der Waals surface area contributed by atoms with Crippen molar-refractivity contribution in [3.63, 3.8) is 0 Å². The molecule has 0 amide bonds. The van der Waals surface area contributed by atoms with Gasteiger partial charge in [-0.2, -0.15) is 0 Å². The van der Waals surface area contributed by atoms with E-state index in [0.717, 1.165) is 17.9 Å². The SMILES string of the molecule is CCSc1ccc2c(c1)Cc1cc(SCC)ccc1-2. The third-order valence-electron chi connectivity index (χ3n) is 3.45. The molecule has 0 aliphatic heterocycles. The summed E-state index contributed by atoms with van der Waals surface area (Å²) in [6.45, 7) is 4.42. The molecular formula is C17H18S2. The number of rotatable bonds is 4. The second-order valence-corrected chi connectivity index (χ2v) is 7.36. The molecule has 19 heavy (non-hydrogen) atoms. The van der Waals surface area contributed by atoms with Crippen LogP contribution in [-0.4, -0.2) is 11.5 Å². The molecular weight excluding hydrogens is 268 g/mol. The lowest BCUT2D eigenvalue weighted by Crippen LogP contribution is -1.82. The van der Waals surface area contributed by atoms with Crippen LogP contribution in [0.5, 0.6) is 0 Å². The zero-order chi connectivity index (χ0) is 13.2. The fraction of sp³-hybridized carbons (Fsp3) is 0.294. The van der Waals surface area contributed by atoms with Gasteiger partial charge in [0.25, 0.3) is 0 Å². The van der Waals surface area contributed by atoms with Crippen molar-refractivity contribution in [1.82, 2.24) is 0 Å². The van der Waals surface area contributed by atoms with Crippen molar-refractivity contribution >= 4 is 23.5 Å². The molecule has 3 rings (SSSR count). The molecule has 2 aromatic rings. The minimum atomic E-state index is 1.10. The summed E-state index contributed by atoms with van der Waals surface area (Å²) in [7, 11) is 0. The molecule has 0 N–H and O–H groups in total. The van der Waals surface area contributed by atoms with Crippen molar-refractivity contribution in [1.29, 1.82) is 0 Å². The summed E-state index contributed by atoms with van der Waals surface area (Å²) in [4.78, 5) is 2.80. The standard InChI is InChI=1S/C17H18S2/c1-3-18-14-5-7-16-12(10-14)9-13-11-15(19-4-2)6-8-17(13)16/h5-8,10-11H,3-4,9H2,1-2H3. The number of hydrogen-bond acceptors (Lipinski definition) is 2. The molecule has 0 radical (unpaired) electrons. The summed E-state index contributed by atoms with van der Waals surface area (Å²) in [5.74, 6) is 2.28. The van der Waals surface area contributed by atoms with E-state index < -0.39 is 0 Å². The maximum atomic E-state index is 2.37. The molecule has 0 heterocycles. The van der Waals surface area contributed by atoms with Crippen LogP contribution in [0.4, 0.5) is 0 Å². The van der Waals surface area contributed by atoms with Gasteiger partial charge in [0.2, 0.25) is 0 Å². The van der Waals surface area contributed by atoms with Gasteiger partial charge in [-0.3, -0.25) is 0 Å². The van der Waals surface area contributed by atoms with E-state index in [-0.39, 0.29) is 0 Å². The zero-order valence-electron chi connectivity index (χ0n) is 11.4. The normalized spacial score (nSPS) is 12.3. The van der Waals surface area contributed by atoms with Gasteiger partial charge in [0.05, 0.1) is 0 Å². The first-order valence-electron chi connectivity index (χ1n) is 6.83. The Morgan fingerprint density at radius 2 is 1.26 bits per heavy atom. The highest BCUT2D eigenvalue weighted by molar-refractivity contribution is 7.99. The van der Waals surface area contributed by atoms with Crippen molar-refractivity contribution in [2.45, 2.75) is 30.1 Å². The predicted molar refractivity (Wildman–Crippen MR) is 87.5 cm³/mol. The monoisotopic (exact) mass is 286 g/mol. The summed E-state index contributed by atoms with van der Waals surface area (Å²) in [5.41, 5.74) is 5.85. The number of thioether (sulfide) groups is 2. The summed E-state index contributed by atoms with van der Waals surface area (Å²) < 4.78 is 0. The molecule has 0 fully saturated rings. The van der Waals surface area contributed by atoms with Crippen LogP contribution in [0.25, 0.3) is 11.1 Å². The molecule has 0 spiro atoms. The van der Waals surface area contributed by atoms with E-state index in [1.54, 1.807) is 0 Å². The van der Waals surface area contributed by atoms with Crippen molar-refractivity contribution in [2.24, 2.45) is 0 Å². The lowest BCUT2D eigenvalue weighted by atomic mass is 10.1. The van der Waals surface area contributed by atoms with Crippen LogP contribution >= 0.6 is 23.5 Å². The van der Waals surface area contributed by atoms with Gasteiger partial charge >= 0.3 is 0 Å². The summed E-state index contributed by atoms with van der Waals surface area (Å²) in [6.07, 6.45) is 1.10. The lowest BCUT2D eigenvalue weighted by molar-refractivity contribution is 1.22. The first kappa shape index (κ1) is 13.1. The summed E-state index contributed by atoms with van der Waals surface area (Å²) in [6, 6.07) is 13.9. The Balaban J connectivity index is 1.96. The smallest absolute Gasteiger partial charge is 0.00751 e. The minimum Gasteiger partial charge on any atom is -0.126 e. The maximum Gasteiger partial charge on any atom is 0.00751 e. The molecule has 0 unspecified atom stereocenters. The number of hydrogen-bond donors (Lipinski definition) is 0. The lowest BCUT2D eigenvalue weighted by Gasteiger charge is -2.04. The van der Waals surface area contributed by atoms with Gasteiger partial charge in [-0.1, -0.05) is 26.0 Å². The molecule has 0 bridgehead atoms. The van der Waals surface area contributed by atoms with Crippen LogP contribution in [0.15, 0.2) is 46.2 Å². The molecule has 1 aliphatic rings. The summed E-state index contributed by atoms with van der Waals surface area (Å²) >= 11 is 3.85. The van der Waals surface area contributed by atoms with E-state index >= 15 is 0 Å². The molecule has 0 saturated heterocycles. The van der Waals surface area contributed by atoms with Crippen molar-refractivity contribution in [3.05, 3.63) is 47.5 Å². The largest absolute Gasteiger partial charge is 0.126 e. The molecule has 0 aromatic heterocycles. The third-order valence-corrected chi connectivity index (χ3v) is 5.20. The molecule has 2 heteroatoms. The Kier molecular flexibility index (Phi) is 3.90. The Bertz CT molecular complexity index is 549. The Hall–Kier alpha value is -0.860.